The summed E-state index contributed by atoms with van der Waals surface area (Å²) in [5.41, 5.74) is 11.8. The minimum absolute atomic E-state index is 0.0528. The van der Waals surface area contributed by atoms with Crippen molar-refractivity contribution in [1.82, 2.24) is 15.0 Å². The lowest BCUT2D eigenvalue weighted by atomic mass is 9.73. The summed E-state index contributed by atoms with van der Waals surface area (Å²) >= 11 is 0.823. The zero-order valence-electron chi connectivity index (χ0n) is 16.7. The second-order valence-corrected chi connectivity index (χ2v) is 9.29. The normalized spacial score (nSPS) is 23.8. The van der Waals surface area contributed by atoms with Crippen molar-refractivity contribution in [2.24, 2.45) is 17.1 Å². The van der Waals surface area contributed by atoms with E-state index >= 15 is 0 Å². The number of aromatic nitrogens is 3. The highest BCUT2D eigenvalue weighted by molar-refractivity contribution is 7.99. The Morgan fingerprint density at radius 2 is 1.93 bits per heavy atom. The monoisotopic (exact) mass is 438 g/mol. The molecule has 2 atom stereocenters. The Labute approximate surface area is 177 Å². The van der Waals surface area contributed by atoms with Crippen LogP contribution in [0.4, 0.5) is 24.8 Å². The Morgan fingerprint density at radius 3 is 2.53 bits per heavy atom. The molecule has 6 nitrogen and oxygen atoms in total. The van der Waals surface area contributed by atoms with Crippen LogP contribution in [0.15, 0.2) is 34.4 Å². The fraction of sp³-hybridized carbons (Fsp3) is 0.550. The van der Waals surface area contributed by atoms with Crippen LogP contribution in [0.3, 0.4) is 0 Å². The van der Waals surface area contributed by atoms with E-state index in [4.69, 9.17) is 11.5 Å². The zero-order valence-corrected chi connectivity index (χ0v) is 17.5. The van der Waals surface area contributed by atoms with Gasteiger partial charge in [0.15, 0.2) is 11.5 Å². The van der Waals surface area contributed by atoms with Gasteiger partial charge >= 0.3 is 6.18 Å². The van der Waals surface area contributed by atoms with E-state index < -0.39 is 11.9 Å². The number of anilines is 2. The summed E-state index contributed by atoms with van der Waals surface area (Å²) in [5.74, 6) is 1.31. The first-order chi connectivity index (χ1) is 14.2. The van der Waals surface area contributed by atoms with Crippen LogP contribution in [0.1, 0.15) is 38.3 Å². The molecule has 0 unspecified atom stereocenters. The molecule has 0 radical (unpaired) electrons. The smallest absolute Gasteiger partial charge is 0.381 e. The predicted molar refractivity (Wildman–Crippen MR) is 110 cm³/mol. The number of alkyl halides is 3. The standard InChI is InChI=1S/C20H25F3N6S/c1-12-4-5-19(15(12)24)6-9-29(10-7-19)14-11-27-18(17(25)28-14)30-13-3-2-8-26-16(13)20(21,22)23/h2-3,8,11-12,15H,4-7,9-10,24H2,1H3,(H2,25,28)/t12-,15-/m1/s1. The van der Waals surface area contributed by atoms with Gasteiger partial charge in [0, 0.05) is 30.2 Å². The number of rotatable bonds is 3. The van der Waals surface area contributed by atoms with Gasteiger partial charge in [-0.05, 0) is 49.1 Å². The largest absolute Gasteiger partial charge is 0.434 e. The SMILES string of the molecule is C[C@@H]1CCC2(CCN(c3cnc(Sc4cccnc4C(F)(F)F)c(N)n3)CC2)[C@@H]1N. The number of hydrogen-bond donors (Lipinski definition) is 2. The van der Waals surface area contributed by atoms with Gasteiger partial charge in [0.25, 0.3) is 0 Å². The topological polar surface area (TPSA) is 94.0 Å². The molecule has 3 heterocycles. The highest BCUT2D eigenvalue weighted by atomic mass is 32.2. The fourth-order valence-corrected chi connectivity index (χ4v) is 5.51. The lowest BCUT2D eigenvalue weighted by molar-refractivity contribution is -0.143. The van der Waals surface area contributed by atoms with Gasteiger partial charge in [-0.3, -0.25) is 4.98 Å². The molecule has 1 aliphatic heterocycles. The maximum absolute atomic E-state index is 13.2. The molecule has 4 rings (SSSR count). The molecule has 1 spiro atoms. The highest BCUT2D eigenvalue weighted by Gasteiger charge is 2.46. The van der Waals surface area contributed by atoms with Crippen LogP contribution < -0.4 is 16.4 Å². The molecule has 162 valence electrons. The average Bonchev–Trinajstić information content (AvgIpc) is 2.98. The Morgan fingerprint density at radius 1 is 1.20 bits per heavy atom. The highest BCUT2D eigenvalue weighted by Crippen LogP contribution is 2.48. The van der Waals surface area contributed by atoms with Crippen LogP contribution in [-0.4, -0.2) is 34.1 Å². The van der Waals surface area contributed by atoms with E-state index in [1.165, 1.54) is 25.0 Å². The zero-order chi connectivity index (χ0) is 21.5. The maximum Gasteiger partial charge on any atom is 0.434 e. The van der Waals surface area contributed by atoms with Crippen molar-refractivity contribution in [2.75, 3.05) is 23.7 Å². The van der Waals surface area contributed by atoms with Gasteiger partial charge in [0.2, 0.25) is 0 Å². The second kappa shape index (κ2) is 7.88. The summed E-state index contributed by atoms with van der Waals surface area (Å²) < 4.78 is 39.5. The molecular weight excluding hydrogens is 413 g/mol. The molecule has 2 fully saturated rings. The Balaban J connectivity index is 1.48. The number of pyridine rings is 1. The summed E-state index contributed by atoms with van der Waals surface area (Å²) in [6, 6.07) is 3.04. The van der Waals surface area contributed by atoms with Gasteiger partial charge in [-0.15, -0.1) is 0 Å². The minimum Gasteiger partial charge on any atom is -0.381 e. The van der Waals surface area contributed by atoms with E-state index in [9.17, 15) is 13.2 Å². The quantitative estimate of drug-likeness (QED) is 0.749. The summed E-state index contributed by atoms with van der Waals surface area (Å²) in [4.78, 5) is 14.3. The molecule has 2 aromatic heterocycles. The predicted octanol–water partition coefficient (Wildman–Crippen LogP) is 3.97. The van der Waals surface area contributed by atoms with Crippen molar-refractivity contribution >= 4 is 23.4 Å². The Kier molecular flexibility index (Phi) is 5.56. The molecule has 2 aliphatic rings. The summed E-state index contributed by atoms with van der Waals surface area (Å²) in [6.07, 6.45) is 2.49. The van der Waals surface area contributed by atoms with Gasteiger partial charge in [-0.25, -0.2) is 9.97 Å². The van der Waals surface area contributed by atoms with Crippen LogP contribution in [0, 0.1) is 11.3 Å². The molecule has 0 amide bonds. The molecule has 1 aliphatic carbocycles. The van der Waals surface area contributed by atoms with Crippen molar-refractivity contribution in [3.05, 3.63) is 30.2 Å². The van der Waals surface area contributed by atoms with Crippen LogP contribution >= 0.6 is 11.8 Å². The lowest BCUT2D eigenvalue weighted by Crippen LogP contribution is -2.48. The molecule has 0 bridgehead atoms. The first-order valence-corrected chi connectivity index (χ1v) is 10.8. The second-order valence-electron chi connectivity index (χ2n) is 8.26. The van der Waals surface area contributed by atoms with Crippen molar-refractivity contribution in [3.8, 4) is 0 Å². The van der Waals surface area contributed by atoms with Gasteiger partial charge in [-0.1, -0.05) is 18.7 Å². The van der Waals surface area contributed by atoms with Gasteiger partial charge < -0.3 is 16.4 Å². The van der Waals surface area contributed by atoms with Crippen molar-refractivity contribution < 1.29 is 13.2 Å². The Bertz CT molecular complexity index is 914. The number of nitrogens with two attached hydrogens (primary N) is 2. The maximum atomic E-state index is 13.2. The van der Waals surface area contributed by atoms with Crippen molar-refractivity contribution in [2.45, 2.75) is 54.7 Å². The molecule has 4 N–H and O–H groups in total. The number of nitrogen functional groups attached to an aromatic ring is 1. The molecule has 2 aromatic rings. The van der Waals surface area contributed by atoms with Crippen molar-refractivity contribution in [1.29, 1.82) is 0 Å². The van der Waals surface area contributed by atoms with E-state index in [0.29, 0.717) is 11.7 Å². The number of piperidine rings is 1. The van der Waals surface area contributed by atoms with Crippen LogP contribution in [-0.2, 0) is 6.18 Å². The summed E-state index contributed by atoms with van der Waals surface area (Å²) in [6.45, 7) is 3.87. The van der Waals surface area contributed by atoms with E-state index in [1.807, 2.05) is 0 Å². The lowest BCUT2D eigenvalue weighted by Gasteiger charge is -2.43. The van der Waals surface area contributed by atoms with Gasteiger partial charge in [-0.2, -0.15) is 13.2 Å². The molecular formula is C20H25F3N6S. The summed E-state index contributed by atoms with van der Waals surface area (Å²) in [7, 11) is 0. The average molecular weight is 439 g/mol. The summed E-state index contributed by atoms with van der Waals surface area (Å²) in [5, 5.41) is 0.234. The van der Waals surface area contributed by atoms with Gasteiger partial charge in [0.1, 0.15) is 10.8 Å². The molecule has 0 aromatic carbocycles. The van der Waals surface area contributed by atoms with E-state index in [0.717, 1.165) is 43.9 Å². The van der Waals surface area contributed by atoms with Crippen LogP contribution in [0.25, 0.3) is 0 Å². The molecule has 1 saturated heterocycles. The molecule has 1 saturated carbocycles. The van der Waals surface area contributed by atoms with Crippen LogP contribution in [0.5, 0.6) is 0 Å². The van der Waals surface area contributed by atoms with Crippen molar-refractivity contribution in [3.63, 3.8) is 0 Å². The minimum atomic E-state index is -4.55. The molecule has 10 heteroatoms. The fourth-order valence-electron chi connectivity index (χ4n) is 4.63. The third kappa shape index (κ3) is 3.94. The van der Waals surface area contributed by atoms with E-state index in [2.05, 4.69) is 26.8 Å². The third-order valence-corrected chi connectivity index (χ3v) is 7.56. The number of halogens is 3. The van der Waals surface area contributed by atoms with E-state index in [1.54, 1.807) is 6.20 Å². The first-order valence-electron chi connectivity index (χ1n) is 10.0. The van der Waals surface area contributed by atoms with Gasteiger partial charge in [0.05, 0.1) is 6.20 Å². The first kappa shape index (κ1) is 21.2. The number of hydrogen-bond acceptors (Lipinski definition) is 7. The Hall–Kier alpha value is -2.07. The third-order valence-electron chi connectivity index (χ3n) is 6.50. The van der Waals surface area contributed by atoms with Crippen LogP contribution in [0.2, 0.25) is 0 Å². The number of nitrogens with zero attached hydrogens (tertiary/aromatic N) is 4. The van der Waals surface area contributed by atoms with E-state index in [-0.39, 0.29) is 27.2 Å². The molecule has 30 heavy (non-hydrogen) atoms.